The van der Waals surface area contributed by atoms with Crippen LogP contribution in [0.15, 0.2) is 48.5 Å². The largest absolute Gasteiger partial charge is 0.480 e. The number of carbonyl (C=O) groups is 2. The molecule has 2 N–H and O–H groups in total. The van der Waals surface area contributed by atoms with Crippen LogP contribution in [0.5, 0.6) is 0 Å². The first-order valence-electron chi connectivity index (χ1n) is 8.84. The van der Waals surface area contributed by atoms with Crippen molar-refractivity contribution in [3.05, 3.63) is 70.8 Å². The highest BCUT2D eigenvalue weighted by atomic mass is 16.6. The van der Waals surface area contributed by atoms with Gasteiger partial charge in [0.25, 0.3) is 0 Å². The predicted molar refractivity (Wildman–Crippen MR) is 104 cm³/mol. The molecule has 2 aromatic rings. The third kappa shape index (κ3) is 4.19. The van der Waals surface area contributed by atoms with Crippen LogP contribution in [0.1, 0.15) is 48.9 Å². The Balaban J connectivity index is 2.07. The summed E-state index contributed by atoms with van der Waals surface area (Å²) in [7, 11) is 0. The van der Waals surface area contributed by atoms with Crippen molar-refractivity contribution in [2.75, 3.05) is 0 Å². The fourth-order valence-electron chi connectivity index (χ4n) is 3.32. The summed E-state index contributed by atoms with van der Waals surface area (Å²) in [6, 6.07) is 14.1. The molecule has 0 saturated heterocycles. The molecular weight excluding hydrogens is 342 g/mol. The fraction of sp³-hybridized carbons (Fsp3) is 0.273. The average molecular weight is 365 g/mol. The number of benzene rings is 2. The molecule has 3 rings (SSSR count). The monoisotopic (exact) mass is 365 g/mol. The zero-order valence-electron chi connectivity index (χ0n) is 15.6. The lowest BCUT2D eigenvalue weighted by atomic mass is 9.82. The normalized spacial score (nSPS) is 14.5. The number of aliphatic carboxylic acids is 1. The number of fused-ring (bicyclic) bond motifs is 2. The Labute approximate surface area is 158 Å². The van der Waals surface area contributed by atoms with Crippen molar-refractivity contribution in [3.63, 3.8) is 0 Å². The second-order valence-corrected chi connectivity index (χ2v) is 7.53. The zero-order chi connectivity index (χ0) is 19.6. The first-order chi connectivity index (χ1) is 12.8. The molecule has 1 aliphatic carbocycles. The van der Waals surface area contributed by atoms with E-state index in [0.717, 1.165) is 22.3 Å². The summed E-state index contributed by atoms with van der Waals surface area (Å²) >= 11 is 0. The molecule has 0 unspecified atom stereocenters. The number of carbonyl (C=O) groups excluding carboxylic acids is 1. The number of hydrogen-bond acceptors (Lipinski definition) is 3. The van der Waals surface area contributed by atoms with Crippen LogP contribution in [0.4, 0.5) is 4.79 Å². The van der Waals surface area contributed by atoms with Crippen LogP contribution in [-0.4, -0.2) is 28.8 Å². The lowest BCUT2D eigenvalue weighted by Gasteiger charge is -2.28. The van der Waals surface area contributed by atoms with Gasteiger partial charge in [-0.25, -0.2) is 9.59 Å². The molecule has 1 amide bonds. The van der Waals surface area contributed by atoms with E-state index in [4.69, 9.17) is 4.74 Å². The Morgan fingerprint density at radius 1 is 0.963 bits per heavy atom. The molecule has 0 radical (unpaired) electrons. The highest BCUT2D eigenvalue weighted by molar-refractivity contribution is 5.85. The first kappa shape index (κ1) is 18.7. The third-order valence-electron chi connectivity index (χ3n) is 4.38. The lowest BCUT2D eigenvalue weighted by molar-refractivity contribution is -0.139. The van der Waals surface area contributed by atoms with Crippen molar-refractivity contribution in [2.24, 2.45) is 0 Å². The number of amides is 1. The van der Waals surface area contributed by atoms with Crippen molar-refractivity contribution < 1.29 is 19.4 Å². The third-order valence-corrected chi connectivity index (χ3v) is 4.38. The average Bonchev–Trinajstić information content (AvgIpc) is 2.75. The second kappa shape index (κ2) is 7.27. The molecule has 1 atom stereocenters. The molecule has 2 aromatic carbocycles. The van der Waals surface area contributed by atoms with Crippen molar-refractivity contribution >= 4 is 24.2 Å². The molecule has 0 aliphatic heterocycles. The number of nitrogens with one attached hydrogen (secondary N) is 1. The summed E-state index contributed by atoms with van der Waals surface area (Å²) in [6.07, 6.45) is 3.20. The van der Waals surface area contributed by atoms with Crippen molar-refractivity contribution in [1.29, 1.82) is 0 Å². The van der Waals surface area contributed by atoms with Gasteiger partial charge in [-0.2, -0.15) is 0 Å². The minimum Gasteiger partial charge on any atom is -0.480 e. The van der Waals surface area contributed by atoms with Gasteiger partial charge in [0.05, 0.1) is 0 Å². The first-order valence-corrected chi connectivity index (χ1v) is 8.84. The standard InChI is InChI=1S/C22H23NO4/c1-22(2,3)27-21(26)23-19(20(24)25)18-16-10-6-4-8-14(16)12-13-15-9-5-7-11-17(15)18/h4-13,18-19H,1-3H3,(H,23,26)(H,24,25)/t19-/m1/s1. The van der Waals surface area contributed by atoms with Gasteiger partial charge in [-0.15, -0.1) is 0 Å². The molecular formula is C22H23NO4. The number of alkyl carbamates (subject to hydrolysis) is 1. The van der Waals surface area contributed by atoms with Gasteiger partial charge in [0.15, 0.2) is 0 Å². The summed E-state index contributed by atoms with van der Waals surface area (Å²) in [5.74, 6) is -1.66. The fourth-order valence-corrected chi connectivity index (χ4v) is 3.32. The van der Waals surface area contributed by atoms with E-state index in [0.29, 0.717) is 0 Å². The van der Waals surface area contributed by atoms with Crippen LogP contribution in [-0.2, 0) is 9.53 Å². The Hall–Kier alpha value is -3.08. The minimum absolute atomic E-state index is 0.544. The van der Waals surface area contributed by atoms with E-state index in [9.17, 15) is 14.7 Å². The summed E-state index contributed by atoms with van der Waals surface area (Å²) in [5.41, 5.74) is 2.84. The van der Waals surface area contributed by atoms with E-state index >= 15 is 0 Å². The quantitative estimate of drug-likeness (QED) is 0.851. The summed E-state index contributed by atoms with van der Waals surface area (Å²) in [5, 5.41) is 12.5. The Bertz CT molecular complexity index is 846. The van der Waals surface area contributed by atoms with Crippen LogP contribution in [0.25, 0.3) is 12.2 Å². The van der Waals surface area contributed by atoms with E-state index in [1.54, 1.807) is 20.8 Å². The highest BCUT2D eigenvalue weighted by Gasteiger charge is 2.36. The SMILES string of the molecule is CC(C)(C)OC(=O)N[C@@H](C(=O)O)C1c2ccccc2C=Cc2ccccc21. The predicted octanol–water partition coefficient (Wildman–Crippen LogP) is 4.28. The number of hydrogen-bond donors (Lipinski definition) is 2. The summed E-state index contributed by atoms with van der Waals surface area (Å²) in [6.45, 7) is 5.22. The lowest BCUT2D eigenvalue weighted by Crippen LogP contribution is -2.47. The highest BCUT2D eigenvalue weighted by Crippen LogP contribution is 2.37. The van der Waals surface area contributed by atoms with E-state index in [-0.39, 0.29) is 0 Å². The maximum absolute atomic E-state index is 12.3. The van der Waals surface area contributed by atoms with Crippen molar-refractivity contribution in [2.45, 2.75) is 38.3 Å². The number of carboxylic acid groups (broad SMARTS) is 1. The number of rotatable bonds is 3. The number of ether oxygens (including phenoxy) is 1. The van der Waals surface area contributed by atoms with Gasteiger partial charge in [0.1, 0.15) is 11.6 Å². The van der Waals surface area contributed by atoms with Crippen LogP contribution in [0, 0.1) is 0 Å². The molecule has 140 valence electrons. The number of carboxylic acids is 1. The van der Waals surface area contributed by atoms with Gasteiger partial charge < -0.3 is 15.2 Å². The molecule has 0 heterocycles. The second-order valence-electron chi connectivity index (χ2n) is 7.53. The van der Waals surface area contributed by atoms with Gasteiger partial charge >= 0.3 is 12.1 Å². The smallest absolute Gasteiger partial charge is 0.408 e. The van der Waals surface area contributed by atoms with Crippen LogP contribution in [0.2, 0.25) is 0 Å². The molecule has 0 saturated carbocycles. The maximum atomic E-state index is 12.3. The van der Waals surface area contributed by atoms with E-state index in [1.165, 1.54) is 0 Å². The molecule has 5 nitrogen and oxygen atoms in total. The Morgan fingerprint density at radius 3 is 1.89 bits per heavy atom. The molecule has 5 heteroatoms. The molecule has 1 aliphatic rings. The Morgan fingerprint density at radius 2 is 1.44 bits per heavy atom. The van der Waals surface area contributed by atoms with Crippen LogP contribution >= 0.6 is 0 Å². The zero-order valence-corrected chi connectivity index (χ0v) is 15.6. The van der Waals surface area contributed by atoms with Gasteiger partial charge in [0, 0.05) is 5.92 Å². The van der Waals surface area contributed by atoms with Crippen molar-refractivity contribution in [1.82, 2.24) is 5.32 Å². The van der Waals surface area contributed by atoms with E-state index in [2.05, 4.69) is 5.32 Å². The molecule has 0 spiro atoms. The maximum Gasteiger partial charge on any atom is 0.408 e. The molecule has 0 aromatic heterocycles. The van der Waals surface area contributed by atoms with Gasteiger partial charge in [-0.3, -0.25) is 0 Å². The van der Waals surface area contributed by atoms with Gasteiger partial charge in [0.2, 0.25) is 0 Å². The van der Waals surface area contributed by atoms with Gasteiger partial charge in [-0.1, -0.05) is 60.7 Å². The van der Waals surface area contributed by atoms with Gasteiger partial charge in [-0.05, 0) is 43.0 Å². The molecule has 0 bridgehead atoms. The summed E-state index contributed by atoms with van der Waals surface area (Å²) in [4.78, 5) is 24.5. The molecule has 27 heavy (non-hydrogen) atoms. The van der Waals surface area contributed by atoms with E-state index in [1.807, 2.05) is 60.7 Å². The van der Waals surface area contributed by atoms with Crippen molar-refractivity contribution in [3.8, 4) is 0 Å². The minimum atomic E-state index is -1.16. The van der Waals surface area contributed by atoms with Crippen LogP contribution in [0.3, 0.4) is 0 Å². The van der Waals surface area contributed by atoms with E-state index < -0.39 is 29.6 Å². The topological polar surface area (TPSA) is 75.6 Å². The Kier molecular flexibility index (Phi) is 5.04. The molecule has 0 fully saturated rings. The summed E-state index contributed by atoms with van der Waals surface area (Å²) < 4.78 is 5.29. The van der Waals surface area contributed by atoms with Crippen LogP contribution < -0.4 is 5.32 Å².